The highest BCUT2D eigenvalue weighted by Gasteiger charge is 2.07. The van der Waals surface area contributed by atoms with E-state index in [1.54, 1.807) is 19.9 Å². The van der Waals surface area contributed by atoms with Crippen molar-refractivity contribution < 1.29 is 5.11 Å². The van der Waals surface area contributed by atoms with Gasteiger partial charge < -0.3 is 5.11 Å². The Morgan fingerprint density at radius 2 is 1.50 bits per heavy atom. The van der Waals surface area contributed by atoms with Crippen LogP contribution < -0.4 is 0 Å². The van der Waals surface area contributed by atoms with E-state index in [1.165, 1.54) is 0 Å². The molecule has 3 aromatic carbocycles. The lowest BCUT2D eigenvalue weighted by Crippen LogP contribution is -1.88. The number of aromatic hydroxyl groups is 1. The molecule has 0 amide bonds. The summed E-state index contributed by atoms with van der Waals surface area (Å²) in [5.74, 6) is 12.1. The second kappa shape index (κ2) is 7.55. The van der Waals surface area contributed by atoms with Gasteiger partial charge >= 0.3 is 0 Å². The first-order chi connectivity index (χ1) is 12.6. The van der Waals surface area contributed by atoms with Gasteiger partial charge in [0.15, 0.2) is 0 Å². The van der Waals surface area contributed by atoms with Crippen LogP contribution in [0.25, 0.3) is 10.8 Å². The topological polar surface area (TPSA) is 45.0 Å². The molecule has 0 saturated carbocycles. The maximum absolute atomic E-state index is 10.2. The quantitative estimate of drug-likeness (QED) is 0.451. The molecular formula is C23H18N2O. The smallest absolute Gasteiger partial charge is 0.143 e. The molecule has 3 nitrogen and oxygen atoms in total. The minimum absolute atomic E-state index is 0.0988. The number of hydrogen-bond acceptors (Lipinski definition) is 3. The second-order valence-electron chi connectivity index (χ2n) is 5.77. The van der Waals surface area contributed by atoms with Crippen LogP contribution in [-0.4, -0.2) is 5.11 Å². The van der Waals surface area contributed by atoms with Crippen LogP contribution in [0.1, 0.15) is 30.5 Å². The second-order valence-corrected chi connectivity index (χ2v) is 5.77. The zero-order chi connectivity index (χ0) is 18.5. The average molecular weight is 338 g/mol. The van der Waals surface area contributed by atoms with Crippen LogP contribution in [0.4, 0.5) is 11.4 Å². The standard InChI is InChI=1S/C23H18N2O/c1-4-8-18-14-20(15-19(9-5-2)16(18)3)24-25-23-21-11-7-6-10-17(21)12-13-22(23)26/h6-7,10-15,26H,1-3H3. The normalized spacial score (nSPS) is 10.3. The fourth-order valence-electron chi connectivity index (χ4n) is 2.74. The van der Waals surface area contributed by atoms with Crippen LogP contribution in [0.5, 0.6) is 5.75 Å². The summed E-state index contributed by atoms with van der Waals surface area (Å²) in [5.41, 5.74) is 3.89. The molecule has 0 aliphatic carbocycles. The number of hydrogen-bond donors (Lipinski definition) is 1. The van der Waals surface area contributed by atoms with Crippen molar-refractivity contribution in [2.45, 2.75) is 20.8 Å². The Morgan fingerprint density at radius 1 is 0.846 bits per heavy atom. The summed E-state index contributed by atoms with van der Waals surface area (Å²) in [6.45, 7) is 5.59. The third-order valence-corrected chi connectivity index (χ3v) is 4.06. The fraction of sp³-hybridized carbons (Fsp3) is 0.130. The van der Waals surface area contributed by atoms with Crippen LogP contribution in [0.2, 0.25) is 0 Å². The van der Waals surface area contributed by atoms with Crippen molar-refractivity contribution in [3.63, 3.8) is 0 Å². The number of rotatable bonds is 2. The molecule has 3 aromatic rings. The van der Waals surface area contributed by atoms with Gasteiger partial charge in [0.1, 0.15) is 11.4 Å². The Labute approximate surface area is 153 Å². The molecule has 0 radical (unpaired) electrons. The van der Waals surface area contributed by atoms with Crippen molar-refractivity contribution in [2.24, 2.45) is 10.2 Å². The molecule has 0 spiro atoms. The summed E-state index contributed by atoms with van der Waals surface area (Å²) in [5, 5.41) is 20.7. The zero-order valence-corrected chi connectivity index (χ0v) is 15.0. The van der Waals surface area contributed by atoms with E-state index in [0.29, 0.717) is 11.4 Å². The van der Waals surface area contributed by atoms with Gasteiger partial charge in [-0.1, -0.05) is 42.2 Å². The van der Waals surface area contributed by atoms with E-state index in [-0.39, 0.29) is 5.75 Å². The molecule has 1 N–H and O–H groups in total. The van der Waals surface area contributed by atoms with Crippen LogP contribution in [0.15, 0.2) is 58.8 Å². The summed E-state index contributed by atoms with van der Waals surface area (Å²) in [6, 6.07) is 15.0. The lowest BCUT2D eigenvalue weighted by molar-refractivity contribution is 0.477. The number of nitrogens with zero attached hydrogens (tertiary/aromatic N) is 2. The van der Waals surface area contributed by atoms with E-state index in [4.69, 9.17) is 0 Å². The van der Waals surface area contributed by atoms with Gasteiger partial charge in [-0.25, -0.2) is 0 Å². The van der Waals surface area contributed by atoms with E-state index < -0.39 is 0 Å². The predicted molar refractivity (Wildman–Crippen MR) is 106 cm³/mol. The van der Waals surface area contributed by atoms with Gasteiger partial charge in [-0.05, 0) is 49.9 Å². The van der Waals surface area contributed by atoms with Gasteiger partial charge in [0, 0.05) is 16.5 Å². The number of fused-ring (bicyclic) bond motifs is 1. The van der Waals surface area contributed by atoms with Crippen molar-refractivity contribution in [2.75, 3.05) is 0 Å². The highest BCUT2D eigenvalue weighted by Crippen LogP contribution is 2.36. The molecule has 3 heteroatoms. The molecule has 0 bridgehead atoms. The molecular weight excluding hydrogens is 320 g/mol. The Bertz CT molecular complexity index is 1090. The van der Waals surface area contributed by atoms with Gasteiger partial charge in [0.05, 0.1) is 5.69 Å². The molecule has 126 valence electrons. The first-order valence-corrected chi connectivity index (χ1v) is 8.26. The summed E-state index contributed by atoms with van der Waals surface area (Å²) in [6.07, 6.45) is 0. The minimum atomic E-state index is 0.0988. The maximum atomic E-state index is 10.2. The van der Waals surface area contributed by atoms with E-state index >= 15 is 0 Å². The van der Waals surface area contributed by atoms with Crippen molar-refractivity contribution in [1.82, 2.24) is 0 Å². The Kier molecular flexibility index (Phi) is 5.02. The molecule has 26 heavy (non-hydrogen) atoms. The Hall–Kier alpha value is -3.56. The number of phenols is 1. The van der Waals surface area contributed by atoms with Crippen LogP contribution >= 0.6 is 0 Å². The van der Waals surface area contributed by atoms with Gasteiger partial charge in [-0.15, -0.1) is 17.0 Å². The van der Waals surface area contributed by atoms with Crippen molar-refractivity contribution >= 4 is 22.1 Å². The maximum Gasteiger partial charge on any atom is 0.143 e. The molecule has 0 saturated heterocycles. The predicted octanol–water partition coefficient (Wildman–Crippen LogP) is 6.01. The lowest BCUT2D eigenvalue weighted by Gasteiger charge is -2.05. The first-order valence-electron chi connectivity index (χ1n) is 8.26. The summed E-state index contributed by atoms with van der Waals surface area (Å²) in [7, 11) is 0. The molecule has 0 fully saturated rings. The first kappa shape index (κ1) is 17.3. The minimum Gasteiger partial charge on any atom is -0.506 e. The Balaban J connectivity index is 2.13. The Morgan fingerprint density at radius 3 is 2.15 bits per heavy atom. The van der Waals surface area contributed by atoms with Crippen LogP contribution in [0.3, 0.4) is 0 Å². The third kappa shape index (κ3) is 3.43. The number of azo groups is 1. The molecule has 0 atom stereocenters. The molecule has 0 unspecified atom stereocenters. The van der Waals surface area contributed by atoms with Gasteiger partial charge in [0.25, 0.3) is 0 Å². The third-order valence-electron chi connectivity index (χ3n) is 4.06. The molecule has 0 heterocycles. The van der Waals surface area contributed by atoms with Gasteiger partial charge in [0.2, 0.25) is 0 Å². The highest BCUT2D eigenvalue weighted by atomic mass is 16.3. The van der Waals surface area contributed by atoms with Crippen molar-refractivity contribution in [1.29, 1.82) is 0 Å². The monoisotopic (exact) mass is 338 g/mol. The summed E-state index contributed by atoms with van der Waals surface area (Å²) < 4.78 is 0. The molecule has 0 aromatic heterocycles. The van der Waals surface area contributed by atoms with Gasteiger partial charge in [-0.3, -0.25) is 0 Å². The van der Waals surface area contributed by atoms with E-state index in [0.717, 1.165) is 27.5 Å². The average Bonchev–Trinajstić information content (AvgIpc) is 2.65. The lowest BCUT2D eigenvalue weighted by atomic mass is 10.0. The number of benzene rings is 3. The largest absolute Gasteiger partial charge is 0.506 e. The number of phenolic OH excluding ortho intramolecular Hbond substituents is 1. The van der Waals surface area contributed by atoms with Crippen LogP contribution in [-0.2, 0) is 0 Å². The molecule has 0 aliphatic rings. The van der Waals surface area contributed by atoms with E-state index in [1.807, 2.05) is 49.4 Å². The molecule has 0 aliphatic heterocycles. The highest BCUT2D eigenvalue weighted by molar-refractivity contribution is 5.95. The van der Waals surface area contributed by atoms with Crippen LogP contribution in [0, 0.1) is 30.6 Å². The van der Waals surface area contributed by atoms with Crippen molar-refractivity contribution in [3.05, 3.63) is 65.2 Å². The molecule has 3 rings (SSSR count). The zero-order valence-electron chi connectivity index (χ0n) is 15.0. The van der Waals surface area contributed by atoms with Gasteiger partial charge in [-0.2, -0.15) is 5.11 Å². The van der Waals surface area contributed by atoms with E-state index in [9.17, 15) is 5.11 Å². The van der Waals surface area contributed by atoms with E-state index in [2.05, 4.69) is 33.9 Å². The SMILES string of the molecule is CC#Cc1cc(N=Nc2c(O)ccc3ccccc23)cc(C#CC)c1C. The van der Waals surface area contributed by atoms with Crippen molar-refractivity contribution in [3.8, 4) is 29.4 Å². The summed E-state index contributed by atoms with van der Waals surface area (Å²) in [4.78, 5) is 0. The summed E-state index contributed by atoms with van der Waals surface area (Å²) >= 11 is 0. The fourth-order valence-corrected chi connectivity index (χ4v) is 2.74.